The molecule has 2 amide bonds. The van der Waals surface area contributed by atoms with Crippen molar-refractivity contribution in [1.82, 2.24) is 14.7 Å². The normalized spacial score (nSPS) is 10.9. The number of likely N-dealkylation sites (N-methyl/N-ethyl adjacent to an activating group) is 1. The van der Waals surface area contributed by atoms with Gasteiger partial charge < -0.3 is 10.6 Å². The van der Waals surface area contributed by atoms with Crippen molar-refractivity contribution >= 4 is 23.2 Å². The van der Waals surface area contributed by atoms with E-state index in [-0.39, 0.29) is 24.9 Å². The largest absolute Gasteiger partial charge is 0.325 e. The number of amides is 2. The highest BCUT2D eigenvalue weighted by Crippen LogP contribution is 2.23. The summed E-state index contributed by atoms with van der Waals surface area (Å²) in [7, 11) is 1.75. The summed E-state index contributed by atoms with van der Waals surface area (Å²) in [5, 5.41) is 10.5. The molecule has 0 bridgehead atoms. The van der Waals surface area contributed by atoms with Gasteiger partial charge in [-0.15, -0.1) is 0 Å². The number of nitrogens with one attached hydrogen (secondary N) is 2. The molecule has 0 atom stereocenters. The topological polar surface area (TPSA) is 79.3 Å². The van der Waals surface area contributed by atoms with Crippen molar-refractivity contribution in [2.75, 3.05) is 30.8 Å². The zero-order valence-electron chi connectivity index (χ0n) is 19.4. The molecule has 32 heavy (non-hydrogen) atoms. The van der Waals surface area contributed by atoms with Crippen LogP contribution in [0.1, 0.15) is 29.4 Å². The summed E-state index contributed by atoms with van der Waals surface area (Å²) in [6, 6.07) is 15.8. The number of carbonyl (C=O) groups is 2. The van der Waals surface area contributed by atoms with Crippen LogP contribution in [-0.4, -0.2) is 46.6 Å². The minimum absolute atomic E-state index is 0.0947. The molecule has 0 aliphatic heterocycles. The van der Waals surface area contributed by atoms with Crippen molar-refractivity contribution in [1.29, 1.82) is 0 Å². The van der Waals surface area contributed by atoms with Crippen molar-refractivity contribution < 1.29 is 9.59 Å². The number of benzene rings is 2. The number of hydrogen-bond donors (Lipinski definition) is 2. The van der Waals surface area contributed by atoms with Gasteiger partial charge in [0, 0.05) is 5.69 Å². The Labute approximate surface area is 189 Å². The van der Waals surface area contributed by atoms with Gasteiger partial charge in [-0.05, 0) is 58.0 Å². The average molecular weight is 434 g/mol. The number of nitrogens with zero attached hydrogens (tertiary/aromatic N) is 3. The minimum Gasteiger partial charge on any atom is -0.325 e. The van der Waals surface area contributed by atoms with Crippen molar-refractivity contribution in [2.24, 2.45) is 0 Å². The molecule has 168 valence electrons. The van der Waals surface area contributed by atoms with E-state index in [1.54, 1.807) is 11.9 Å². The van der Waals surface area contributed by atoms with Crippen LogP contribution in [0.5, 0.6) is 0 Å². The summed E-state index contributed by atoms with van der Waals surface area (Å²) in [6.45, 7) is 8.10. The molecule has 0 radical (unpaired) electrons. The Balaban J connectivity index is 1.59. The molecule has 0 saturated carbocycles. The number of hydrogen-bond acceptors (Lipinski definition) is 4. The van der Waals surface area contributed by atoms with Gasteiger partial charge in [0.15, 0.2) is 0 Å². The lowest BCUT2D eigenvalue weighted by Gasteiger charge is -2.17. The Bertz CT molecular complexity index is 1100. The number of aryl methyl sites for hydroxylation is 3. The zero-order chi connectivity index (χ0) is 23.3. The third kappa shape index (κ3) is 5.62. The van der Waals surface area contributed by atoms with Crippen molar-refractivity contribution in [3.8, 4) is 5.69 Å². The van der Waals surface area contributed by atoms with E-state index in [1.165, 1.54) is 5.56 Å². The Morgan fingerprint density at radius 2 is 1.56 bits per heavy atom. The van der Waals surface area contributed by atoms with E-state index >= 15 is 0 Å². The molecule has 0 fully saturated rings. The van der Waals surface area contributed by atoms with Crippen LogP contribution < -0.4 is 10.6 Å². The molecule has 1 aromatic heterocycles. The Morgan fingerprint density at radius 3 is 2.22 bits per heavy atom. The van der Waals surface area contributed by atoms with E-state index in [0.29, 0.717) is 5.69 Å². The van der Waals surface area contributed by atoms with Gasteiger partial charge in [-0.25, -0.2) is 4.68 Å². The molecular formula is C25H31N5O2. The first-order valence-corrected chi connectivity index (χ1v) is 10.8. The molecule has 3 rings (SSSR count). The second-order valence-electron chi connectivity index (χ2n) is 8.07. The lowest BCUT2D eigenvalue weighted by Crippen LogP contribution is -2.36. The third-order valence-electron chi connectivity index (χ3n) is 5.33. The quantitative estimate of drug-likeness (QED) is 0.565. The van der Waals surface area contributed by atoms with Gasteiger partial charge in [0.25, 0.3) is 0 Å². The smallest absolute Gasteiger partial charge is 0.238 e. The van der Waals surface area contributed by atoms with Gasteiger partial charge in [0.05, 0.1) is 35.9 Å². The first-order chi connectivity index (χ1) is 15.3. The predicted octanol–water partition coefficient (Wildman–Crippen LogP) is 3.87. The highest BCUT2D eigenvalue weighted by atomic mass is 16.2. The fraction of sp³-hybridized carbons (Fsp3) is 0.320. The molecule has 2 N–H and O–H groups in total. The maximum absolute atomic E-state index is 12.6. The molecule has 1 heterocycles. The van der Waals surface area contributed by atoms with Crippen LogP contribution in [-0.2, 0) is 16.0 Å². The van der Waals surface area contributed by atoms with Crippen molar-refractivity contribution in [3.05, 3.63) is 71.0 Å². The Kier molecular flexibility index (Phi) is 7.43. The van der Waals surface area contributed by atoms with E-state index in [0.717, 1.165) is 34.7 Å². The number of carbonyl (C=O) groups excluding carboxylic acids is 2. The molecule has 7 heteroatoms. The molecule has 0 aliphatic carbocycles. The highest BCUT2D eigenvalue weighted by Gasteiger charge is 2.17. The number of aromatic nitrogens is 2. The summed E-state index contributed by atoms with van der Waals surface area (Å²) in [6.07, 6.45) is 0.837. The predicted molar refractivity (Wildman–Crippen MR) is 128 cm³/mol. The van der Waals surface area contributed by atoms with Crippen molar-refractivity contribution in [3.63, 3.8) is 0 Å². The van der Waals surface area contributed by atoms with E-state index in [1.807, 2.05) is 80.9 Å². The molecule has 2 aromatic carbocycles. The summed E-state index contributed by atoms with van der Waals surface area (Å²) in [4.78, 5) is 26.8. The zero-order valence-corrected chi connectivity index (χ0v) is 19.4. The minimum atomic E-state index is -0.191. The van der Waals surface area contributed by atoms with Crippen LogP contribution in [0.25, 0.3) is 5.69 Å². The summed E-state index contributed by atoms with van der Waals surface area (Å²) in [5.74, 6) is -0.343. The number of para-hydroxylation sites is 1. The molecule has 0 spiro atoms. The maximum atomic E-state index is 12.6. The lowest BCUT2D eigenvalue weighted by atomic mass is 10.1. The SMILES string of the molecule is CCc1ccccc1NC(=O)CN(C)CC(=O)Nc1c(C)nn(-c2ccc(C)cc2)c1C. The van der Waals surface area contributed by atoms with Gasteiger partial charge in [-0.2, -0.15) is 5.10 Å². The van der Waals surface area contributed by atoms with Crippen LogP contribution in [0.3, 0.4) is 0 Å². The fourth-order valence-corrected chi connectivity index (χ4v) is 3.63. The van der Waals surface area contributed by atoms with Gasteiger partial charge in [0.2, 0.25) is 11.8 Å². The van der Waals surface area contributed by atoms with E-state index in [4.69, 9.17) is 0 Å². The first kappa shape index (κ1) is 23.2. The van der Waals surface area contributed by atoms with Crippen LogP contribution >= 0.6 is 0 Å². The van der Waals surface area contributed by atoms with Gasteiger partial charge >= 0.3 is 0 Å². The number of rotatable bonds is 8. The van der Waals surface area contributed by atoms with E-state index < -0.39 is 0 Å². The first-order valence-electron chi connectivity index (χ1n) is 10.8. The average Bonchev–Trinajstić information content (AvgIpc) is 3.02. The summed E-state index contributed by atoms with van der Waals surface area (Å²) in [5.41, 5.74) is 6.31. The summed E-state index contributed by atoms with van der Waals surface area (Å²) < 4.78 is 1.83. The van der Waals surface area contributed by atoms with Crippen LogP contribution in [0.15, 0.2) is 48.5 Å². The Morgan fingerprint density at radius 1 is 0.938 bits per heavy atom. The molecular weight excluding hydrogens is 402 g/mol. The van der Waals surface area contributed by atoms with Gasteiger partial charge in [0.1, 0.15) is 0 Å². The van der Waals surface area contributed by atoms with Gasteiger partial charge in [-0.1, -0.05) is 42.8 Å². The third-order valence-corrected chi connectivity index (χ3v) is 5.33. The van der Waals surface area contributed by atoms with Crippen LogP contribution in [0.4, 0.5) is 11.4 Å². The highest BCUT2D eigenvalue weighted by molar-refractivity contribution is 5.95. The summed E-state index contributed by atoms with van der Waals surface area (Å²) >= 11 is 0. The monoisotopic (exact) mass is 433 g/mol. The van der Waals surface area contributed by atoms with E-state index in [9.17, 15) is 9.59 Å². The molecule has 0 aliphatic rings. The standard InChI is InChI=1S/C25H31N5O2/c1-6-20-9-7-8-10-22(20)26-23(31)15-29(5)16-24(32)27-25-18(3)28-30(19(25)4)21-13-11-17(2)12-14-21/h7-14H,6,15-16H2,1-5H3,(H,26,31)(H,27,32). The molecule has 0 saturated heterocycles. The van der Waals surface area contributed by atoms with Gasteiger partial charge in [-0.3, -0.25) is 14.5 Å². The molecule has 7 nitrogen and oxygen atoms in total. The molecule has 3 aromatic rings. The van der Waals surface area contributed by atoms with Crippen LogP contribution in [0.2, 0.25) is 0 Å². The van der Waals surface area contributed by atoms with Crippen LogP contribution in [0, 0.1) is 20.8 Å². The number of anilines is 2. The second kappa shape index (κ2) is 10.2. The Hall–Kier alpha value is -3.45. The fourth-order valence-electron chi connectivity index (χ4n) is 3.63. The second-order valence-corrected chi connectivity index (χ2v) is 8.07. The molecule has 0 unspecified atom stereocenters. The maximum Gasteiger partial charge on any atom is 0.238 e. The lowest BCUT2D eigenvalue weighted by molar-refractivity contribution is -0.119. The van der Waals surface area contributed by atoms with E-state index in [2.05, 4.69) is 15.7 Å². The van der Waals surface area contributed by atoms with Crippen molar-refractivity contribution in [2.45, 2.75) is 34.1 Å².